The van der Waals surface area contributed by atoms with Gasteiger partial charge in [0.25, 0.3) is 11.6 Å². The molecule has 1 heterocycles. The molecule has 0 aliphatic carbocycles. The topological polar surface area (TPSA) is 78.7 Å². The lowest BCUT2D eigenvalue weighted by Gasteiger charge is -2.36. The molecule has 7 nitrogen and oxygen atoms in total. The number of aryl methyl sites for hydroxylation is 1. The Bertz CT molecular complexity index is 889. The van der Waals surface area contributed by atoms with E-state index in [0.717, 1.165) is 19.6 Å². The van der Waals surface area contributed by atoms with Crippen molar-refractivity contribution in [3.05, 3.63) is 69.3 Å². The highest BCUT2D eigenvalue weighted by Gasteiger charge is 2.25. The minimum Gasteiger partial charge on any atom is -0.363 e. The zero-order valence-electron chi connectivity index (χ0n) is 17.2. The summed E-state index contributed by atoms with van der Waals surface area (Å²) in [6, 6.07) is 13.1. The van der Waals surface area contributed by atoms with Crippen LogP contribution in [0.1, 0.15) is 35.3 Å². The first-order chi connectivity index (χ1) is 13.8. The Hall–Kier alpha value is -2.93. The van der Waals surface area contributed by atoms with Crippen LogP contribution in [0.15, 0.2) is 42.5 Å². The molecule has 154 valence electrons. The predicted octanol–water partition coefficient (Wildman–Crippen LogP) is 3.36. The van der Waals surface area contributed by atoms with E-state index in [1.165, 1.54) is 17.2 Å². The van der Waals surface area contributed by atoms with E-state index in [-0.39, 0.29) is 17.6 Å². The SMILES string of the molecule is Cc1ccccc1CN1CCN(c2ccc(C(=O)NC(C)C)cc2[N+](=O)[O-])CC1. The first-order valence-corrected chi connectivity index (χ1v) is 9.96. The van der Waals surface area contributed by atoms with Crippen molar-refractivity contribution in [2.45, 2.75) is 33.4 Å². The summed E-state index contributed by atoms with van der Waals surface area (Å²) in [7, 11) is 0. The van der Waals surface area contributed by atoms with Gasteiger partial charge in [-0.15, -0.1) is 0 Å². The highest BCUT2D eigenvalue weighted by molar-refractivity contribution is 5.96. The molecule has 0 unspecified atom stereocenters. The van der Waals surface area contributed by atoms with Crippen molar-refractivity contribution < 1.29 is 9.72 Å². The van der Waals surface area contributed by atoms with Crippen molar-refractivity contribution in [2.24, 2.45) is 0 Å². The summed E-state index contributed by atoms with van der Waals surface area (Å²) in [5, 5.41) is 14.4. The van der Waals surface area contributed by atoms with Gasteiger partial charge in [-0.1, -0.05) is 24.3 Å². The van der Waals surface area contributed by atoms with Gasteiger partial charge in [-0.3, -0.25) is 19.8 Å². The predicted molar refractivity (Wildman–Crippen MR) is 114 cm³/mol. The van der Waals surface area contributed by atoms with Crippen LogP contribution in [0.5, 0.6) is 0 Å². The Labute approximate surface area is 171 Å². The van der Waals surface area contributed by atoms with Gasteiger partial charge in [0.15, 0.2) is 0 Å². The minimum atomic E-state index is -0.402. The third-order valence-corrected chi connectivity index (χ3v) is 5.22. The summed E-state index contributed by atoms with van der Waals surface area (Å²) in [4.78, 5) is 27.9. The Kier molecular flexibility index (Phi) is 6.49. The van der Waals surface area contributed by atoms with Crippen LogP contribution in [0.2, 0.25) is 0 Å². The maximum atomic E-state index is 12.2. The zero-order valence-corrected chi connectivity index (χ0v) is 17.2. The molecule has 0 bridgehead atoms. The largest absolute Gasteiger partial charge is 0.363 e. The van der Waals surface area contributed by atoms with Gasteiger partial charge in [0.05, 0.1) is 4.92 Å². The minimum absolute atomic E-state index is 0.0197. The molecule has 1 aliphatic heterocycles. The standard InChI is InChI=1S/C22H28N4O3/c1-16(2)23-22(27)18-8-9-20(21(14-18)26(28)29)25-12-10-24(11-13-25)15-19-7-5-4-6-17(19)3/h4-9,14,16H,10-13,15H2,1-3H3,(H,23,27). The molecule has 0 radical (unpaired) electrons. The molecule has 7 heteroatoms. The molecule has 1 amide bonds. The maximum Gasteiger partial charge on any atom is 0.293 e. The van der Waals surface area contributed by atoms with Gasteiger partial charge in [-0.25, -0.2) is 0 Å². The molecule has 1 N–H and O–H groups in total. The van der Waals surface area contributed by atoms with E-state index >= 15 is 0 Å². The van der Waals surface area contributed by atoms with Crippen LogP contribution in [-0.4, -0.2) is 48.0 Å². The van der Waals surface area contributed by atoms with Crippen LogP contribution in [0.25, 0.3) is 0 Å². The summed E-state index contributed by atoms with van der Waals surface area (Å²) in [6.45, 7) is 9.81. The summed E-state index contributed by atoms with van der Waals surface area (Å²) in [5.74, 6) is -0.294. The Morgan fingerprint density at radius 1 is 1.14 bits per heavy atom. The van der Waals surface area contributed by atoms with Gasteiger partial charge >= 0.3 is 0 Å². The molecule has 0 aromatic heterocycles. The number of nitrogens with zero attached hydrogens (tertiary/aromatic N) is 3. The second-order valence-corrected chi connectivity index (χ2v) is 7.78. The zero-order chi connectivity index (χ0) is 21.0. The number of rotatable bonds is 6. The molecule has 0 atom stereocenters. The number of anilines is 1. The highest BCUT2D eigenvalue weighted by atomic mass is 16.6. The van der Waals surface area contributed by atoms with Gasteiger partial charge in [-0.2, -0.15) is 0 Å². The molecular weight excluding hydrogens is 368 g/mol. The summed E-state index contributed by atoms with van der Waals surface area (Å²) >= 11 is 0. The van der Waals surface area contributed by atoms with Crippen molar-refractivity contribution in [3.8, 4) is 0 Å². The molecule has 1 fully saturated rings. The maximum absolute atomic E-state index is 12.2. The van der Waals surface area contributed by atoms with E-state index in [2.05, 4.69) is 35.3 Å². The Balaban J connectivity index is 1.70. The quantitative estimate of drug-likeness (QED) is 0.598. The molecule has 1 saturated heterocycles. The number of carbonyl (C=O) groups excluding carboxylic acids is 1. The molecule has 2 aromatic carbocycles. The fourth-order valence-electron chi connectivity index (χ4n) is 3.60. The lowest BCUT2D eigenvalue weighted by molar-refractivity contribution is -0.384. The summed E-state index contributed by atoms with van der Waals surface area (Å²) < 4.78 is 0. The smallest absolute Gasteiger partial charge is 0.293 e. The molecule has 0 saturated carbocycles. The van der Waals surface area contributed by atoms with Crippen molar-refractivity contribution in [1.29, 1.82) is 0 Å². The second kappa shape index (κ2) is 9.05. The van der Waals surface area contributed by atoms with Crippen molar-refractivity contribution in [2.75, 3.05) is 31.1 Å². The first-order valence-electron chi connectivity index (χ1n) is 9.96. The van der Waals surface area contributed by atoms with Gasteiger partial charge in [0.1, 0.15) is 5.69 Å². The number of amides is 1. The van der Waals surface area contributed by atoms with Gasteiger partial charge in [0.2, 0.25) is 0 Å². The average molecular weight is 396 g/mol. The van der Waals surface area contributed by atoms with Crippen molar-refractivity contribution >= 4 is 17.3 Å². The molecule has 0 spiro atoms. The third-order valence-electron chi connectivity index (χ3n) is 5.22. The fourth-order valence-corrected chi connectivity index (χ4v) is 3.60. The van der Waals surface area contributed by atoms with Gasteiger partial charge in [0, 0.05) is 50.4 Å². The van der Waals surface area contributed by atoms with Crippen LogP contribution in [0.4, 0.5) is 11.4 Å². The number of nitro groups is 1. The average Bonchev–Trinajstić information content (AvgIpc) is 2.69. The highest BCUT2D eigenvalue weighted by Crippen LogP contribution is 2.30. The Morgan fingerprint density at radius 2 is 1.83 bits per heavy atom. The van der Waals surface area contributed by atoms with Crippen molar-refractivity contribution in [3.63, 3.8) is 0 Å². The Morgan fingerprint density at radius 3 is 2.45 bits per heavy atom. The summed E-state index contributed by atoms with van der Waals surface area (Å²) in [6.07, 6.45) is 0. The van der Waals surface area contributed by atoms with E-state index in [1.54, 1.807) is 12.1 Å². The lowest BCUT2D eigenvalue weighted by Crippen LogP contribution is -2.46. The number of hydrogen-bond acceptors (Lipinski definition) is 5. The summed E-state index contributed by atoms with van der Waals surface area (Å²) in [5.41, 5.74) is 3.46. The van der Waals surface area contributed by atoms with E-state index in [0.29, 0.717) is 24.3 Å². The number of benzene rings is 2. The molecule has 29 heavy (non-hydrogen) atoms. The van der Waals surface area contributed by atoms with E-state index in [9.17, 15) is 14.9 Å². The number of nitro benzene ring substituents is 1. The molecule has 2 aromatic rings. The molecular formula is C22H28N4O3. The second-order valence-electron chi connectivity index (χ2n) is 7.78. The number of carbonyl (C=O) groups is 1. The van der Waals surface area contributed by atoms with Crippen molar-refractivity contribution in [1.82, 2.24) is 10.2 Å². The van der Waals surface area contributed by atoms with E-state index < -0.39 is 4.92 Å². The number of hydrogen-bond donors (Lipinski definition) is 1. The van der Waals surface area contributed by atoms with Gasteiger partial charge in [-0.05, 0) is 44.0 Å². The van der Waals surface area contributed by atoms with Crippen LogP contribution in [-0.2, 0) is 6.54 Å². The van der Waals surface area contributed by atoms with E-state index in [1.807, 2.05) is 24.8 Å². The van der Waals surface area contributed by atoms with Crippen LogP contribution >= 0.6 is 0 Å². The van der Waals surface area contributed by atoms with Crippen LogP contribution in [0.3, 0.4) is 0 Å². The first kappa shape index (κ1) is 20.8. The third kappa shape index (κ3) is 5.12. The lowest BCUT2D eigenvalue weighted by atomic mass is 10.1. The van der Waals surface area contributed by atoms with E-state index in [4.69, 9.17) is 0 Å². The normalized spacial score (nSPS) is 14.8. The number of piperazine rings is 1. The van der Waals surface area contributed by atoms with Crippen LogP contribution in [0, 0.1) is 17.0 Å². The molecule has 1 aliphatic rings. The van der Waals surface area contributed by atoms with Crippen LogP contribution < -0.4 is 10.2 Å². The monoisotopic (exact) mass is 396 g/mol. The fraction of sp³-hybridized carbons (Fsp3) is 0.409. The molecule has 3 rings (SSSR count). The number of nitrogens with one attached hydrogen (secondary N) is 1. The van der Waals surface area contributed by atoms with Gasteiger partial charge < -0.3 is 10.2 Å².